The van der Waals surface area contributed by atoms with Gasteiger partial charge in [0.25, 0.3) is 0 Å². The number of hydrogen-bond donors (Lipinski definition) is 2. The maximum atomic E-state index is 13.2. The highest BCUT2D eigenvalue weighted by molar-refractivity contribution is 7.79. The predicted octanol–water partition coefficient (Wildman–Crippen LogP) is 3.54. The van der Waals surface area contributed by atoms with E-state index in [1.807, 2.05) is 0 Å². The molecule has 0 radical (unpaired) electrons. The van der Waals surface area contributed by atoms with E-state index in [4.69, 9.17) is 14.2 Å². The van der Waals surface area contributed by atoms with Crippen molar-refractivity contribution >= 4 is 34.2 Å². The van der Waals surface area contributed by atoms with E-state index in [1.54, 1.807) is 55.6 Å². The fraction of sp³-hybridized carbons (Fsp3) is 0.304. The summed E-state index contributed by atoms with van der Waals surface area (Å²) in [5.74, 6) is -0.373. The molecule has 0 saturated heterocycles. The van der Waals surface area contributed by atoms with E-state index in [0.717, 1.165) is 0 Å². The monoisotopic (exact) mass is 459 g/mol. The summed E-state index contributed by atoms with van der Waals surface area (Å²) < 4.78 is 37.8. The van der Waals surface area contributed by atoms with Crippen molar-refractivity contribution in [3.8, 4) is 5.75 Å². The van der Waals surface area contributed by atoms with Gasteiger partial charge in [-0.15, -0.1) is 0 Å². The van der Waals surface area contributed by atoms with Crippen LogP contribution >= 0.6 is 0 Å². The lowest BCUT2D eigenvalue weighted by Crippen LogP contribution is -2.32. The zero-order valence-electron chi connectivity index (χ0n) is 18.0. The summed E-state index contributed by atoms with van der Waals surface area (Å²) in [4.78, 5) is 25.6. The summed E-state index contributed by atoms with van der Waals surface area (Å²) in [6, 6.07) is 13.5. The third kappa shape index (κ3) is 4.68. The van der Waals surface area contributed by atoms with Crippen molar-refractivity contribution in [2.75, 3.05) is 26.6 Å². The highest BCUT2D eigenvalue weighted by atomic mass is 32.2. The molecule has 0 bridgehead atoms. The molecule has 1 amide bonds. The summed E-state index contributed by atoms with van der Waals surface area (Å²) >= 11 is -2.39. The number of methoxy groups -OCH3 is 3. The van der Waals surface area contributed by atoms with Crippen LogP contribution in [-0.4, -0.2) is 42.0 Å². The average molecular weight is 460 g/mol. The summed E-state index contributed by atoms with van der Waals surface area (Å²) in [5.41, 5.74) is 0.311. The molecule has 2 aromatic carbocycles. The second-order valence-corrected chi connectivity index (χ2v) is 8.36. The van der Waals surface area contributed by atoms with Crippen LogP contribution in [0.5, 0.6) is 5.75 Å². The van der Waals surface area contributed by atoms with Gasteiger partial charge in [0.15, 0.2) is 11.1 Å². The molecular weight excluding hydrogens is 434 g/mol. The van der Waals surface area contributed by atoms with Crippen LogP contribution in [0.2, 0.25) is 0 Å². The quantitative estimate of drug-likeness (QED) is 0.255. The molecule has 32 heavy (non-hydrogen) atoms. The van der Waals surface area contributed by atoms with Gasteiger partial charge in [-0.1, -0.05) is 24.3 Å². The first-order valence-corrected chi connectivity index (χ1v) is 11.0. The summed E-state index contributed by atoms with van der Waals surface area (Å²) in [7, 11) is 4.17. The molecule has 1 saturated carbocycles. The molecule has 170 valence electrons. The largest absolute Gasteiger partial charge is 0.503 e. The minimum Gasteiger partial charge on any atom is -0.503 e. The second-order valence-electron chi connectivity index (χ2n) is 7.34. The van der Waals surface area contributed by atoms with Crippen LogP contribution in [0.25, 0.3) is 5.57 Å². The maximum Gasteiger partial charge on any atom is 0.341 e. The first-order chi connectivity index (χ1) is 15.4. The molecule has 0 aliphatic heterocycles. The van der Waals surface area contributed by atoms with Crippen LogP contribution in [0, 0.1) is 5.41 Å². The lowest BCUT2D eigenvalue weighted by Gasteiger charge is -2.26. The Morgan fingerprint density at radius 3 is 2.28 bits per heavy atom. The maximum absolute atomic E-state index is 13.2. The van der Waals surface area contributed by atoms with Crippen LogP contribution in [0.15, 0.2) is 54.8 Å². The van der Waals surface area contributed by atoms with Gasteiger partial charge in [-0.25, -0.2) is 9.00 Å². The van der Waals surface area contributed by atoms with Crippen LogP contribution in [-0.2, 0) is 30.1 Å². The summed E-state index contributed by atoms with van der Waals surface area (Å²) in [6.45, 7) is 0. The molecule has 1 aliphatic carbocycles. The number of benzene rings is 2. The van der Waals surface area contributed by atoms with Gasteiger partial charge in [0.1, 0.15) is 16.6 Å². The van der Waals surface area contributed by atoms with E-state index < -0.39 is 27.7 Å². The number of carbonyl (C=O) groups is 2. The van der Waals surface area contributed by atoms with Crippen molar-refractivity contribution in [1.82, 2.24) is 0 Å². The number of nitrogens with one attached hydrogen (secondary N) is 1. The topological polar surface area (TPSA) is 111 Å². The smallest absolute Gasteiger partial charge is 0.341 e. The van der Waals surface area contributed by atoms with Gasteiger partial charge in [0.05, 0.1) is 33.0 Å². The van der Waals surface area contributed by atoms with Crippen molar-refractivity contribution < 1.29 is 32.6 Å². The Kier molecular flexibility index (Phi) is 7.32. The fourth-order valence-corrected chi connectivity index (χ4v) is 4.84. The van der Waals surface area contributed by atoms with Crippen LogP contribution in [0.1, 0.15) is 29.2 Å². The molecule has 0 aromatic heterocycles. The molecule has 1 aliphatic rings. The van der Waals surface area contributed by atoms with E-state index in [9.17, 15) is 18.4 Å². The van der Waals surface area contributed by atoms with Gasteiger partial charge in [0.2, 0.25) is 5.91 Å². The van der Waals surface area contributed by atoms with Gasteiger partial charge in [-0.3, -0.25) is 4.79 Å². The molecule has 2 aromatic rings. The fourth-order valence-electron chi connectivity index (χ4n) is 3.69. The third-order valence-corrected chi connectivity index (χ3v) is 6.58. The lowest BCUT2D eigenvalue weighted by atomic mass is 9.89. The first kappa shape index (κ1) is 23.5. The molecular formula is C23H25NO7S. The molecule has 1 fully saturated rings. The zero-order chi connectivity index (χ0) is 23.3. The van der Waals surface area contributed by atoms with Crippen molar-refractivity contribution in [2.24, 2.45) is 5.41 Å². The average Bonchev–Trinajstić information content (AvgIpc) is 3.59. The van der Waals surface area contributed by atoms with Crippen molar-refractivity contribution in [1.29, 1.82) is 0 Å². The van der Waals surface area contributed by atoms with E-state index in [-0.39, 0.29) is 11.5 Å². The molecule has 0 heterocycles. The molecule has 0 spiro atoms. The highest BCUT2D eigenvalue weighted by Gasteiger charge is 2.59. The molecule has 2 atom stereocenters. The normalized spacial score (nSPS) is 16.4. The standard InChI is InChI=1S/C23H25NO7S/c1-29-14-19(21(25)31-3)17-6-4-5-7-18(17)20(32(27)28)23(12-13-23)22(26)24-15-8-10-16(30-2)11-9-15/h4-11,14,20H,12-13H2,1-3H3,(H,24,26)(H,27,28). The Morgan fingerprint density at radius 1 is 1.09 bits per heavy atom. The lowest BCUT2D eigenvalue weighted by molar-refractivity contribution is -0.133. The van der Waals surface area contributed by atoms with E-state index >= 15 is 0 Å². The highest BCUT2D eigenvalue weighted by Crippen LogP contribution is 2.58. The zero-order valence-corrected chi connectivity index (χ0v) is 18.8. The third-order valence-electron chi connectivity index (χ3n) is 5.47. The minimum atomic E-state index is -2.39. The van der Waals surface area contributed by atoms with E-state index in [0.29, 0.717) is 35.4 Å². The number of anilines is 1. The molecule has 8 nitrogen and oxygen atoms in total. The molecule has 9 heteroatoms. The Labute approximate surface area is 188 Å². The minimum absolute atomic E-state index is 0.0902. The van der Waals surface area contributed by atoms with Gasteiger partial charge in [-0.05, 0) is 48.2 Å². The summed E-state index contributed by atoms with van der Waals surface area (Å²) in [5, 5.41) is 1.78. The molecule has 2 unspecified atom stereocenters. The molecule has 2 N–H and O–H groups in total. The second kappa shape index (κ2) is 9.97. The Morgan fingerprint density at radius 2 is 1.75 bits per heavy atom. The van der Waals surface area contributed by atoms with Crippen LogP contribution in [0.3, 0.4) is 0 Å². The Bertz CT molecular complexity index is 1040. The SMILES string of the molecule is COC=C(C(=O)OC)c1ccccc1C(S(=O)O)C1(C(=O)Nc2ccc(OC)cc2)CC1. The van der Waals surface area contributed by atoms with Crippen molar-refractivity contribution in [3.05, 3.63) is 65.9 Å². The number of rotatable bonds is 9. The number of esters is 1. The Hall–Kier alpha value is -3.17. The van der Waals surface area contributed by atoms with E-state index in [1.165, 1.54) is 20.5 Å². The van der Waals surface area contributed by atoms with Gasteiger partial charge in [-0.2, -0.15) is 0 Å². The number of hydrogen-bond acceptors (Lipinski definition) is 6. The number of amides is 1. The Balaban J connectivity index is 2.00. The molecule has 3 rings (SSSR count). The van der Waals surface area contributed by atoms with Gasteiger partial charge in [0, 0.05) is 5.69 Å². The van der Waals surface area contributed by atoms with Crippen LogP contribution < -0.4 is 10.1 Å². The number of ether oxygens (including phenoxy) is 3. The first-order valence-electron chi connectivity index (χ1n) is 9.83. The van der Waals surface area contributed by atoms with Gasteiger partial charge < -0.3 is 24.1 Å². The van der Waals surface area contributed by atoms with Crippen molar-refractivity contribution in [2.45, 2.75) is 18.1 Å². The van der Waals surface area contributed by atoms with Gasteiger partial charge >= 0.3 is 5.97 Å². The predicted molar refractivity (Wildman–Crippen MR) is 120 cm³/mol. The van der Waals surface area contributed by atoms with Crippen molar-refractivity contribution in [3.63, 3.8) is 0 Å². The summed E-state index contributed by atoms with van der Waals surface area (Å²) in [6.07, 6.45) is 2.09. The van der Waals surface area contributed by atoms with E-state index in [2.05, 4.69) is 5.32 Å². The number of carbonyl (C=O) groups excluding carboxylic acids is 2. The van der Waals surface area contributed by atoms with Crippen LogP contribution in [0.4, 0.5) is 5.69 Å².